The third-order valence-electron chi connectivity index (χ3n) is 2.04. The molecule has 0 bridgehead atoms. The molecular formula is C10H18N2O4. The van der Waals surface area contributed by atoms with Gasteiger partial charge in [-0.2, -0.15) is 0 Å². The van der Waals surface area contributed by atoms with Crippen molar-refractivity contribution < 1.29 is 19.5 Å². The van der Waals surface area contributed by atoms with Crippen molar-refractivity contribution in [3.63, 3.8) is 0 Å². The summed E-state index contributed by atoms with van der Waals surface area (Å²) in [6, 6.07) is -1.68. The summed E-state index contributed by atoms with van der Waals surface area (Å²) in [6.45, 7) is 6.21. The Hall–Kier alpha value is -1.59. The van der Waals surface area contributed by atoms with Crippen LogP contribution in [-0.4, -0.2) is 35.0 Å². The maximum Gasteiger partial charge on any atom is 0.325 e. The summed E-state index contributed by atoms with van der Waals surface area (Å²) < 4.78 is 0. The van der Waals surface area contributed by atoms with E-state index >= 15 is 0 Å². The minimum Gasteiger partial charge on any atom is -0.480 e. The summed E-state index contributed by atoms with van der Waals surface area (Å²) in [7, 11) is 0. The average molecular weight is 230 g/mol. The van der Waals surface area contributed by atoms with Crippen LogP contribution in [0.25, 0.3) is 0 Å². The van der Waals surface area contributed by atoms with Crippen LogP contribution in [0.5, 0.6) is 0 Å². The fourth-order valence-corrected chi connectivity index (χ4v) is 1.12. The summed E-state index contributed by atoms with van der Waals surface area (Å²) >= 11 is 0. The summed E-state index contributed by atoms with van der Waals surface area (Å²) in [5.74, 6) is -2.03. The molecule has 3 N–H and O–H groups in total. The standard InChI is InChI=1S/C10H18N2O4/c1-5(2)8(12-7(4)13)9(14)11-6(3)10(15)16/h5-6,8H,1-4H3,(H,11,14)(H,12,13)(H,15,16)/t6-,8?/m1/s1. The third-order valence-corrected chi connectivity index (χ3v) is 2.04. The van der Waals surface area contributed by atoms with E-state index in [0.29, 0.717) is 0 Å². The lowest BCUT2D eigenvalue weighted by Gasteiger charge is -2.22. The van der Waals surface area contributed by atoms with E-state index in [1.54, 1.807) is 13.8 Å². The first kappa shape index (κ1) is 14.4. The van der Waals surface area contributed by atoms with Crippen molar-refractivity contribution in [1.29, 1.82) is 0 Å². The van der Waals surface area contributed by atoms with Crippen LogP contribution in [0.15, 0.2) is 0 Å². The summed E-state index contributed by atoms with van der Waals surface area (Å²) in [6.07, 6.45) is 0. The van der Waals surface area contributed by atoms with Gasteiger partial charge < -0.3 is 15.7 Å². The van der Waals surface area contributed by atoms with Gasteiger partial charge in [0.05, 0.1) is 0 Å². The lowest BCUT2D eigenvalue weighted by atomic mass is 10.0. The molecule has 0 rings (SSSR count). The molecular weight excluding hydrogens is 212 g/mol. The zero-order valence-corrected chi connectivity index (χ0v) is 9.90. The van der Waals surface area contributed by atoms with Crippen LogP contribution < -0.4 is 10.6 Å². The average Bonchev–Trinajstić information content (AvgIpc) is 2.12. The van der Waals surface area contributed by atoms with Crippen molar-refractivity contribution in [2.24, 2.45) is 5.92 Å². The van der Waals surface area contributed by atoms with E-state index in [-0.39, 0.29) is 11.8 Å². The normalized spacial score (nSPS) is 14.1. The highest BCUT2D eigenvalue weighted by Gasteiger charge is 2.25. The van der Waals surface area contributed by atoms with Crippen molar-refractivity contribution in [2.45, 2.75) is 39.8 Å². The number of amides is 2. The second-order valence-corrected chi connectivity index (χ2v) is 3.99. The Labute approximate surface area is 94.4 Å². The van der Waals surface area contributed by atoms with Crippen LogP contribution in [0, 0.1) is 5.92 Å². The van der Waals surface area contributed by atoms with Gasteiger partial charge in [0, 0.05) is 6.92 Å². The van der Waals surface area contributed by atoms with Crippen LogP contribution in [0.1, 0.15) is 27.7 Å². The Morgan fingerprint density at radius 1 is 1.06 bits per heavy atom. The first-order chi connectivity index (χ1) is 7.25. The van der Waals surface area contributed by atoms with E-state index in [0.717, 1.165) is 0 Å². The number of aliphatic carboxylic acids is 1. The number of carboxylic acids is 1. The van der Waals surface area contributed by atoms with E-state index in [1.807, 2.05) is 0 Å². The van der Waals surface area contributed by atoms with Gasteiger partial charge in [-0.15, -0.1) is 0 Å². The van der Waals surface area contributed by atoms with E-state index in [4.69, 9.17) is 5.11 Å². The molecule has 6 nitrogen and oxygen atoms in total. The van der Waals surface area contributed by atoms with Crippen LogP contribution in [-0.2, 0) is 14.4 Å². The number of carboxylic acid groups (broad SMARTS) is 1. The van der Waals surface area contributed by atoms with Gasteiger partial charge in [-0.25, -0.2) is 0 Å². The van der Waals surface area contributed by atoms with Gasteiger partial charge >= 0.3 is 5.97 Å². The molecule has 1 unspecified atom stereocenters. The summed E-state index contributed by atoms with van der Waals surface area (Å²) in [4.78, 5) is 33.1. The number of carbonyl (C=O) groups is 3. The van der Waals surface area contributed by atoms with Gasteiger partial charge in [0.25, 0.3) is 0 Å². The Morgan fingerprint density at radius 3 is 1.88 bits per heavy atom. The van der Waals surface area contributed by atoms with Crippen molar-refractivity contribution in [3.05, 3.63) is 0 Å². The monoisotopic (exact) mass is 230 g/mol. The molecule has 92 valence electrons. The maximum absolute atomic E-state index is 11.6. The van der Waals surface area contributed by atoms with E-state index in [9.17, 15) is 14.4 Å². The SMILES string of the molecule is CC(=O)NC(C(=O)N[C@H](C)C(=O)O)C(C)C. The first-order valence-corrected chi connectivity index (χ1v) is 5.06. The van der Waals surface area contributed by atoms with Crippen molar-refractivity contribution >= 4 is 17.8 Å². The van der Waals surface area contributed by atoms with Crippen LogP contribution in [0.2, 0.25) is 0 Å². The molecule has 0 aromatic rings. The van der Waals surface area contributed by atoms with E-state index in [1.165, 1.54) is 13.8 Å². The Morgan fingerprint density at radius 2 is 1.56 bits per heavy atom. The third kappa shape index (κ3) is 4.77. The quantitative estimate of drug-likeness (QED) is 0.606. The van der Waals surface area contributed by atoms with Crippen LogP contribution in [0.4, 0.5) is 0 Å². The van der Waals surface area contributed by atoms with Gasteiger partial charge in [-0.3, -0.25) is 14.4 Å². The Balaban J connectivity index is 4.50. The van der Waals surface area contributed by atoms with Crippen molar-refractivity contribution in [3.8, 4) is 0 Å². The molecule has 0 aliphatic heterocycles. The van der Waals surface area contributed by atoms with Gasteiger partial charge in [0.1, 0.15) is 12.1 Å². The van der Waals surface area contributed by atoms with Gasteiger partial charge in [-0.05, 0) is 12.8 Å². The predicted molar refractivity (Wildman–Crippen MR) is 57.7 cm³/mol. The smallest absolute Gasteiger partial charge is 0.325 e. The second-order valence-electron chi connectivity index (χ2n) is 3.99. The topological polar surface area (TPSA) is 95.5 Å². The molecule has 2 amide bonds. The molecule has 0 aliphatic rings. The number of rotatable bonds is 5. The highest BCUT2D eigenvalue weighted by Crippen LogP contribution is 2.02. The summed E-state index contributed by atoms with van der Waals surface area (Å²) in [5, 5.41) is 13.4. The van der Waals surface area contributed by atoms with Gasteiger partial charge in [-0.1, -0.05) is 13.8 Å². The van der Waals surface area contributed by atoms with Crippen LogP contribution >= 0.6 is 0 Å². The van der Waals surface area contributed by atoms with Gasteiger partial charge in [0.2, 0.25) is 11.8 Å². The lowest BCUT2D eigenvalue weighted by Crippen LogP contribution is -2.52. The van der Waals surface area contributed by atoms with E-state index < -0.39 is 24.0 Å². The first-order valence-electron chi connectivity index (χ1n) is 5.06. The molecule has 16 heavy (non-hydrogen) atoms. The highest BCUT2D eigenvalue weighted by molar-refractivity contribution is 5.89. The lowest BCUT2D eigenvalue weighted by molar-refractivity contribution is -0.141. The molecule has 0 aliphatic carbocycles. The molecule has 0 fully saturated rings. The molecule has 0 spiro atoms. The molecule has 0 aromatic heterocycles. The second kappa shape index (κ2) is 6.09. The zero-order chi connectivity index (χ0) is 12.9. The van der Waals surface area contributed by atoms with Crippen molar-refractivity contribution in [2.75, 3.05) is 0 Å². The van der Waals surface area contributed by atoms with Crippen LogP contribution in [0.3, 0.4) is 0 Å². The molecule has 6 heteroatoms. The molecule has 0 heterocycles. The number of hydrogen-bond donors (Lipinski definition) is 3. The van der Waals surface area contributed by atoms with Crippen molar-refractivity contribution in [1.82, 2.24) is 10.6 Å². The van der Waals surface area contributed by atoms with E-state index in [2.05, 4.69) is 10.6 Å². The highest BCUT2D eigenvalue weighted by atomic mass is 16.4. The molecule has 0 saturated carbocycles. The summed E-state index contributed by atoms with van der Waals surface area (Å²) in [5.41, 5.74) is 0. The molecule has 0 aromatic carbocycles. The van der Waals surface area contributed by atoms with Gasteiger partial charge in [0.15, 0.2) is 0 Å². The zero-order valence-electron chi connectivity index (χ0n) is 9.90. The molecule has 0 radical (unpaired) electrons. The number of carbonyl (C=O) groups excluding carboxylic acids is 2. The maximum atomic E-state index is 11.6. The largest absolute Gasteiger partial charge is 0.480 e. The number of hydrogen-bond acceptors (Lipinski definition) is 3. The fourth-order valence-electron chi connectivity index (χ4n) is 1.12. The Bertz CT molecular complexity index is 289. The molecule has 2 atom stereocenters. The minimum atomic E-state index is -1.11. The minimum absolute atomic E-state index is 0.107. The fraction of sp³-hybridized carbons (Fsp3) is 0.700. The number of nitrogens with one attached hydrogen (secondary N) is 2. The predicted octanol–water partition coefficient (Wildman–Crippen LogP) is -0.264. The Kier molecular flexibility index (Phi) is 5.49. The molecule has 0 saturated heterocycles.